The van der Waals surface area contributed by atoms with Crippen LogP contribution in [-0.4, -0.2) is 12.9 Å². The molecule has 0 spiro atoms. The third kappa shape index (κ3) is 2.06. The Morgan fingerprint density at radius 1 is 1.08 bits per heavy atom. The average molecular weight is 341 g/mol. The minimum atomic E-state index is -0.171. The van der Waals surface area contributed by atoms with Crippen LogP contribution in [0.3, 0.4) is 0 Å². The van der Waals surface area contributed by atoms with Crippen molar-refractivity contribution in [2.24, 2.45) is 22.7 Å². The molecule has 0 aromatic heterocycles. The number of aryl methyl sites for hydroxylation is 1. The number of fused-ring (bicyclic) bond motifs is 5. The Morgan fingerprint density at radius 3 is 2.48 bits per heavy atom. The van der Waals surface area contributed by atoms with Gasteiger partial charge in [-0.3, -0.25) is 4.79 Å². The van der Waals surface area contributed by atoms with Gasteiger partial charge in [0, 0.05) is 11.8 Å². The van der Waals surface area contributed by atoms with Gasteiger partial charge in [-0.15, -0.1) is 0 Å². The quantitative estimate of drug-likeness (QED) is 0.699. The Hall–Kier alpha value is -1.31. The number of carbonyl (C=O) groups is 1. The van der Waals surface area contributed by atoms with Crippen molar-refractivity contribution >= 4 is 5.78 Å². The molecule has 136 valence electrons. The molecule has 2 fully saturated rings. The third-order valence-electron chi connectivity index (χ3n) is 8.42. The van der Waals surface area contributed by atoms with Crippen LogP contribution < -0.4 is 4.74 Å². The van der Waals surface area contributed by atoms with E-state index in [1.165, 1.54) is 24.0 Å². The Balaban J connectivity index is 1.83. The Bertz CT molecular complexity index is 747. The fourth-order valence-electron chi connectivity index (χ4n) is 7.25. The maximum Gasteiger partial charge on any atom is 0.138 e. The van der Waals surface area contributed by atoms with E-state index >= 15 is 0 Å². The molecule has 1 aromatic carbocycles. The molecule has 0 heterocycles. The highest BCUT2D eigenvalue weighted by Crippen LogP contribution is 2.67. The molecule has 0 aliphatic heterocycles. The van der Waals surface area contributed by atoms with Crippen molar-refractivity contribution in [3.63, 3.8) is 0 Å². The highest BCUT2D eigenvalue weighted by molar-refractivity contribution is 5.85. The van der Waals surface area contributed by atoms with E-state index in [9.17, 15) is 4.79 Å². The summed E-state index contributed by atoms with van der Waals surface area (Å²) in [6, 6.07) is 4.47. The van der Waals surface area contributed by atoms with Crippen LogP contribution in [0.4, 0.5) is 0 Å². The van der Waals surface area contributed by atoms with Crippen molar-refractivity contribution in [2.75, 3.05) is 7.11 Å². The lowest BCUT2D eigenvalue weighted by Crippen LogP contribution is -2.57. The molecule has 25 heavy (non-hydrogen) atoms. The van der Waals surface area contributed by atoms with Gasteiger partial charge >= 0.3 is 0 Å². The molecule has 0 N–H and O–H groups in total. The first-order chi connectivity index (χ1) is 11.6. The molecule has 0 unspecified atom stereocenters. The lowest BCUT2D eigenvalue weighted by Gasteiger charge is -2.60. The third-order valence-corrected chi connectivity index (χ3v) is 8.42. The molecule has 4 atom stereocenters. The van der Waals surface area contributed by atoms with Gasteiger partial charge in [-0.1, -0.05) is 27.7 Å². The first kappa shape index (κ1) is 17.1. The minimum Gasteiger partial charge on any atom is -0.497 e. The summed E-state index contributed by atoms with van der Waals surface area (Å²) >= 11 is 0. The average Bonchev–Trinajstić information content (AvgIpc) is 2.86. The fraction of sp³-hybridized carbons (Fsp3) is 0.696. The zero-order valence-corrected chi connectivity index (χ0v) is 16.7. The summed E-state index contributed by atoms with van der Waals surface area (Å²) in [5, 5.41) is 0. The second-order valence-electron chi connectivity index (χ2n) is 9.89. The normalized spacial score (nSPS) is 38.7. The Kier molecular flexibility index (Phi) is 3.50. The van der Waals surface area contributed by atoms with Gasteiger partial charge in [0.05, 0.1) is 7.11 Å². The Labute approximate surface area is 152 Å². The Morgan fingerprint density at radius 2 is 1.80 bits per heavy atom. The van der Waals surface area contributed by atoms with Gasteiger partial charge in [0.15, 0.2) is 0 Å². The largest absolute Gasteiger partial charge is 0.497 e. The van der Waals surface area contributed by atoms with Crippen LogP contribution in [0.25, 0.3) is 0 Å². The predicted octanol–water partition coefficient (Wildman–Crippen LogP) is 5.24. The molecule has 4 rings (SSSR count). The van der Waals surface area contributed by atoms with Crippen molar-refractivity contribution in [3.8, 4) is 5.75 Å². The summed E-state index contributed by atoms with van der Waals surface area (Å²) in [5.41, 5.74) is 4.77. The molecular formula is C23H32O2. The van der Waals surface area contributed by atoms with Crippen molar-refractivity contribution < 1.29 is 9.53 Å². The monoisotopic (exact) mass is 340 g/mol. The zero-order valence-electron chi connectivity index (χ0n) is 16.7. The maximum absolute atomic E-state index is 12.6. The second kappa shape index (κ2) is 5.11. The van der Waals surface area contributed by atoms with E-state index in [0.29, 0.717) is 17.6 Å². The molecule has 0 amide bonds. The first-order valence-electron chi connectivity index (χ1n) is 9.86. The minimum absolute atomic E-state index is 0.171. The highest BCUT2D eigenvalue weighted by Gasteiger charge is 2.62. The topological polar surface area (TPSA) is 26.3 Å². The standard InChI is InChI=1S/C23H32O2/c1-14-11-16(25-6)12-15-13-18-22(4)10-8-19(24)21(2,3)17(22)7-9-23(18,5)20(14)15/h11-12,17-18H,7-10,13H2,1-6H3/t17-,18+,22-,23+/m1/s1. The molecule has 0 saturated heterocycles. The van der Waals surface area contributed by atoms with E-state index < -0.39 is 0 Å². The van der Waals surface area contributed by atoms with Crippen LogP contribution in [0.1, 0.15) is 70.1 Å². The number of benzene rings is 1. The number of rotatable bonds is 1. The summed E-state index contributed by atoms with van der Waals surface area (Å²) < 4.78 is 5.54. The van der Waals surface area contributed by atoms with Crippen LogP contribution in [0.15, 0.2) is 12.1 Å². The van der Waals surface area contributed by atoms with Crippen LogP contribution in [-0.2, 0) is 16.6 Å². The van der Waals surface area contributed by atoms with Gasteiger partial charge in [-0.2, -0.15) is 0 Å². The van der Waals surface area contributed by atoms with E-state index in [2.05, 4.69) is 46.8 Å². The van der Waals surface area contributed by atoms with Crippen molar-refractivity contribution in [3.05, 3.63) is 28.8 Å². The fourth-order valence-corrected chi connectivity index (χ4v) is 7.25. The lowest BCUT2D eigenvalue weighted by molar-refractivity contribution is -0.151. The van der Waals surface area contributed by atoms with E-state index in [-0.39, 0.29) is 16.2 Å². The van der Waals surface area contributed by atoms with E-state index in [1.807, 2.05) is 0 Å². The van der Waals surface area contributed by atoms with E-state index in [0.717, 1.165) is 25.0 Å². The van der Waals surface area contributed by atoms with Crippen LogP contribution >= 0.6 is 0 Å². The SMILES string of the molecule is COc1cc(C)c2c(c1)C[C@H]1[C@]3(C)CCC(=O)C(C)(C)[C@H]3CC[C@]21C. The number of methoxy groups -OCH3 is 1. The van der Waals surface area contributed by atoms with Gasteiger partial charge in [-0.25, -0.2) is 0 Å². The van der Waals surface area contributed by atoms with E-state index in [1.54, 1.807) is 12.7 Å². The number of hydrogen-bond donors (Lipinski definition) is 0. The number of Topliss-reactive ketones (excluding diaryl/α,β-unsaturated/α-hetero) is 1. The van der Waals surface area contributed by atoms with Crippen molar-refractivity contribution in [1.82, 2.24) is 0 Å². The van der Waals surface area contributed by atoms with Gasteiger partial charge < -0.3 is 4.74 Å². The molecule has 3 aliphatic carbocycles. The molecule has 2 heteroatoms. The molecule has 2 nitrogen and oxygen atoms in total. The number of carbonyl (C=O) groups excluding carboxylic acids is 1. The van der Waals surface area contributed by atoms with Gasteiger partial charge in [0.2, 0.25) is 0 Å². The molecule has 0 radical (unpaired) electrons. The van der Waals surface area contributed by atoms with E-state index in [4.69, 9.17) is 4.74 Å². The zero-order chi connectivity index (χ0) is 18.2. The molecule has 2 saturated carbocycles. The van der Waals surface area contributed by atoms with Gasteiger partial charge in [0.25, 0.3) is 0 Å². The van der Waals surface area contributed by atoms with Crippen molar-refractivity contribution in [1.29, 1.82) is 0 Å². The predicted molar refractivity (Wildman–Crippen MR) is 101 cm³/mol. The molecule has 3 aliphatic rings. The second-order valence-corrected chi connectivity index (χ2v) is 9.89. The smallest absolute Gasteiger partial charge is 0.138 e. The summed E-state index contributed by atoms with van der Waals surface area (Å²) in [7, 11) is 1.76. The lowest BCUT2D eigenvalue weighted by atomic mass is 9.43. The van der Waals surface area contributed by atoms with Crippen LogP contribution in [0, 0.1) is 29.6 Å². The van der Waals surface area contributed by atoms with Crippen molar-refractivity contribution in [2.45, 2.75) is 72.1 Å². The van der Waals surface area contributed by atoms with Gasteiger partial charge in [-0.05, 0) is 84.1 Å². The molecule has 1 aromatic rings. The number of ketones is 1. The number of ether oxygens (including phenoxy) is 1. The maximum atomic E-state index is 12.6. The number of hydrogen-bond acceptors (Lipinski definition) is 2. The van der Waals surface area contributed by atoms with Crippen LogP contribution in [0.2, 0.25) is 0 Å². The van der Waals surface area contributed by atoms with Gasteiger partial charge in [0.1, 0.15) is 11.5 Å². The first-order valence-corrected chi connectivity index (χ1v) is 9.86. The summed E-state index contributed by atoms with van der Waals surface area (Å²) in [4.78, 5) is 12.6. The summed E-state index contributed by atoms with van der Waals surface area (Å²) in [6.45, 7) is 11.6. The summed E-state index contributed by atoms with van der Waals surface area (Å²) in [5.74, 6) is 2.61. The summed E-state index contributed by atoms with van der Waals surface area (Å²) in [6.07, 6.45) is 5.33. The molecular weight excluding hydrogens is 308 g/mol. The molecule has 0 bridgehead atoms. The van der Waals surface area contributed by atoms with Crippen LogP contribution in [0.5, 0.6) is 5.75 Å². The highest BCUT2D eigenvalue weighted by atomic mass is 16.5.